The van der Waals surface area contributed by atoms with Gasteiger partial charge in [0, 0.05) is 23.9 Å². The summed E-state index contributed by atoms with van der Waals surface area (Å²) in [7, 11) is 0. The number of hydrogen-bond acceptors (Lipinski definition) is 8. The molecule has 0 unspecified atom stereocenters. The van der Waals surface area contributed by atoms with E-state index < -0.39 is 23.9 Å². The molecule has 432 valence electrons. The van der Waals surface area contributed by atoms with Crippen LogP contribution in [0.4, 0.5) is 0 Å². The van der Waals surface area contributed by atoms with Gasteiger partial charge in [-0.15, -0.1) is 0 Å². The summed E-state index contributed by atoms with van der Waals surface area (Å²) in [6, 6.07) is 0. The van der Waals surface area contributed by atoms with Gasteiger partial charge in [0.25, 0.3) is 0 Å². The quantitative estimate of drug-likeness (QED) is 0.0544. The van der Waals surface area contributed by atoms with Gasteiger partial charge in [-0.3, -0.25) is 0 Å². The van der Waals surface area contributed by atoms with Crippen molar-refractivity contribution in [2.75, 3.05) is 0 Å². The van der Waals surface area contributed by atoms with Gasteiger partial charge in [-0.05, 0) is 51.4 Å². The van der Waals surface area contributed by atoms with Crippen LogP contribution in [0, 0.1) is 31.1 Å². The molecule has 0 atom stereocenters. The van der Waals surface area contributed by atoms with Gasteiger partial charge in [-0.1, -0.05) is 336 Å². The standard InChI is InChI=1S/4C16H32O2.U/c4*1-2-3-4-5-6-7-8-9-10-11-12-13-14-15-16(17)18;/h4*2-15H2,1H3,(H,17,18);/q;;;;+4/p-4. The van der Waals surface area contributed by atoms with E-state index in [2.05, 4.69) is 27.7 Å². The van der Waals surface area contributed by atoms with E-state index in [1.165, 1.54) is 283 Å². The van der Waals surface area contributed by atoms with Gasteiger partial charge < -0.3 is 39.6 Å². The second-order valence-electron chi connectivity index (χ2n) is 21.5. The summed E-state index contributed by atoms with van der Waals surface area (Å²) >= 11 is 0. The number of carbonyl (C=O) groups excluding carboxylic acids is 4. The maximum absolute atomic E-state index is 10.2. The topological polar surface area (TPSA) is 161 Å². The molecule has 8 nitrogen and oxygen atoms in total. The molecule has 0 aliphatic heterocycles. The van der Waals surface area contributed by atoms with Gasteiger partial charge in [0.15, 0.2) is 0 Å². The molecule has 0 rings (SSSR count). The third-order valence-electron chi connectivity index (χ3n) is 13.9. The van der Waals surface area contributed by atoms with Crippen LogP contribution in [-0.4, -0.2) is 23.9 Å². The Hall–Kier alpha value is -1.07. The van der Waals surface area contributed by atoms with E-state index in [9.17, 15) is 39.6 Å². The van der Waals surface area contributed by atoms with Crippen LogP contribution in [-0.2, 0) is 19.2 Å². The Balaban J connectivity index is -0.000000280. The second kappa shape index (κ2) is 77.4. The first-order chi connectivity index (χ1) is 35.1. The summed E-state index contributed by atoms with van der Waals surface area (Å²) in [5.74, 6) is -3.62. The molecule has 0 amide bonds. The number of unbranched alkanes of at least 4 members (excludes halogenated alkanes) is 48. The first-order valence-electron chi connectivity index (χ1n) is 31.9. The molecule has 0 heterocycles. The van der Waals surface area contributed by atoms with Crippen molar-refractivity contribution in [2.45, 2.75) is 387 Å². The average Bonchev–Trinajstić information content (AvgIpc) is 3.35. The van der Waals surface area contributed by atoms with Crippen LogP contribution in [0.15, 0.2) is 0 Å². The fraction of sp³-hybridized carbons (Fsp3) is 0.938. The molecule has 0 saturated heterocycles. The van der Waals surface area contributed by atoms with Crippen LogP contribution in [0.2, 0.25) is 0 Å². The van der Waals surface area contributed by atoms with Crippen LogP contribution in [0.25, 0.3) is 0 Å². The number of carbonyl (C=O) groups is 4. The Labute approximate surface area is 478 Å². The Bertz CT molecular complexity index is 879. The molecule has 0 aromatic heterocycles. The summed E-state index contributed by atoms with van der Waals surface area (Å²) in [5, 5.41) is 40.8. The maximum atomic E-state index is 10.2. The van der Waals surface area contributed by atoms with Crippen molar-refractivity contribution in [1.82, 2.24) is 0 Å². The minimum absolute atomic E-state index is 0. The third kappa shape index (κ3) is 97.0. The number of rotatable bonds is 56. The first kappa shape index (κ1) is 80.8. The zero-order valence-electron chi connectivity index (χ0n) is 49.4. The van der Waals surface area contributed by atoms with Gasteiger partial charge in [-0.25, -0.2) is 0 Å². The van der Waals surface area contributed by atoms with Gasteiger partial charge in [0.2, 0.25) is 0 Å². The van der Waals surface area contributed by atoms with Gasteiger partial charge in [0.1, 0.15) is 0 Å². The molecule has 0 fully saturated rings. The summed E-state index contributed by atoms with van der Waals surface area (Å²) in [6.45, 7) is 9.03. The van der Waals surface area contributed by atoms with Crippen molar-refractivity contribution in [1.29, 1.82) is 0 Å². The van der Waals surface area contributed by atoms with E-state index in [1.807, 2.05) is 0 Å². The van der Waals surface area contributed by atoms with Crippen LogP contribution in [0.1, 0.15) is 387 Å². The Kier molecular flexibility index (Phi) is 85.7. The molecule has 0 aliphatic rings. The first-order valence-corrected chi connectivity index (χ1v) is 31.9. The molecular weight excluding hydrogens is 1130 g/mol. The van der Waals surface area contributed by atoms with Gasteiger partial charge >= 0.3 is 31.1 Å². The monoisotopic (exact) mass is 1260 g/mol. The average molecular weight is 1260 g/mol. The van der Waals surface area contributed by atoms with Crippen molar-refractivity contribution in [3.63, 3.8) is 0 Å². The number of carboxylic acid groups (broad SMARTS) is 4. The SMILES string of the molecule is CCCCCCCCCCCCCCCC(=O)[O-].CCCCCCCCCCCCCCCC(=O)[O-].CCCCCCCCCCCCCCCC(=O)[O-].CCCCCCCCCCCCCCCC(=O)[O-].[U+4]. The fourth-order valence-corrected chi connectivity index (χ4v) is 9.15. The Morgan fingerprint density at radius 3 is 0.342 bits per heavy atom. The minimum atomic E-state index is -0.905. The van der Waals surface area contributed by atoms with Crippen LogP contribution in [0.3, 0.4) is 0 Å². The molecule has 0 aromatic rings. The largest absolute Gasteiger partial charge is 4.00 e. The van der Waals surface area contributed by atoms with Gasteiger partial charge in [0.05, 0.1) is 0 Å². The molecular formula is C64H124O8U. The van der Waals surface area contributed by atoms with Crippen LogP contribution >= 0.6 is 0 Å². The molecule has 9 heteroatoms. The predicted octanol–water partition coefficient (Wildman–Crippen LogP) is 16.9. The van der Waals surface area contributed by atoms with Crippen molar-refractivity contribution in [3.8, 4) is 0 Å². The zero-order chi connectivity index (χ0) is 53.9. The molecule has 0 bridgehead atoms. The molecule has 0 N–H and O–H groups in total. The number of hydrogen-bond donors (Lipinski definition) is 0. The predicted molar refractivity (Wildman–Crippen MR) is 301 cm³/mol. The van der Waals surface area contributed by atoms with Crippen LogP contribution < -0.4 is 20.4 Å². The summed E-state index contributed by atoms with van der Waals surface area (Å²) in [4.78, 5) is 40.8. The van der Waals surface area contributed by atoms with Crippen LogP contribution in [0.5, 0.6) is 0 Å². The zero-order valence-corrected chi connectivity index (χ0v) is 53.5. The van der Waals surface area contributed by atoms with Gasteiger partial charge in [-0.2, -0.15) is 0 Å². The smallest absolute Gasteiger partial charge is 0.550 e. The molecule has 0 aromatic carbocycles. The molecule has 0 spiro atoms. The van der Waals surface area contributed by atoms with E-state index >= 15 is 0 Å². The second-order valence-corrected chi connectivity index (χ2v) is 21.5. The van der Waals surface area contributed by atoms with E-state index in [4.69, 9.17) is 0 Å². The molecule has 0 saturated carbocycles. The molecule has 0 radical (unpaired) electrons. The van der Waals surface area contributed by atoms with E-state index in [0.717, 1.165) is 51.4 Å². The molecule has 0 aliphatic carbocycles. The summed E-state index contributed by atoms with van der Waals surface area (Å²) in [5.41, 5.74) is 0. The van der Waals surface area contributed by atoms with E-state index in [1.54, 1.807) is 0 Å². The number of carboxylic acids is 4. The minimum Gasteiger partial charge on any atom is -0.550 e. The van der Waals surface area contributed by atoms with E-state index in [0.29, 0.717) is 0 Å². The maximum Gasteiger partial charge on any atom is 4.00 e. The van der Waals surface area contributed by atoms with Crippen molar-refractivity contribution >= 4 is 23.9 Å². The summed E-state index contributed by atoms with van der Waals surface area (Å²) < 4.78 is 0. The summed E-state index contributed by atoms with van der Waals surface area (Å²) in [6.07, 6.45) is 67.7. The molecule has 73 heavy (non-hydrogen) atoms. The normalized spacial score (nSPS) is 10.6. The third-order valence-corrected chi connectivity index (χ3v) is 13.9. The van der Waals surface area contributed by atoms with Crippen molar-refractivity contribution in [3.05, 3.63) is 0 Å². The van der Waals surface area contributed by atoms with Crippen molar-refractivity contribution < 1.29 is 70.7 Å². The Morgan fingerprint density at radius 1 is 0.178 bits per heavy atom. The number of aliphatic carboxylic acids is 4. The van der Waals surface area contributed by atoms with Crippen molar-refractivity contribution in [2.24, 2.45) is 0 Å². The fourth-order valence-electron chi connectivity index (χ4n) is 9.15. The Morgan fingerprint density at radius 2 is 0.260 bits per heavy atom. The van der Waals surface area contributed by atoms with E-state index in [-0.39, 0.29) is 56.8 Å².